The van der Waals surface area contributed by atoms with Crippen LogP contribution in [-0.4, -0.2) is 23.2 Å². The molecule has 1 aromatic carbocycles. The van der Waals surface area contributed by atoms with Gasteiger partial charge in [0.25, 0.3) is 0 Å². The Hall–Kier alpha value is -1.61. The molecule has 0 bridgehead atoms. The second-order valence-electron chi connectivity index (χ2n) is 4.61. The maximum absolute atomic E-state index is 9.57. The minimum Gasteiger partial charge on any atom is -0.508 e. The summed E-state index contributed by atoms with van der Waals surface area (Å²) < 4.78 is 0. The van der Waals surface area contributed by atoms with E-state index in [1.54, 1.807) is 6.07 Å². The number of hydrogen-bond acceptors (Lipinski definition) is 3. The van der Waals surface area contributed by atoms with Gasteiger partial charge in [0.2, 0.25) is 0 Å². The molecule has 17 heavy (non-hydrogen) atoms. The second kappa shape index (κ2) is 4.00. The van der Waals surface area contributed by atoms with Crippen molar-refractivity contribution in [1.29, 1.82) is 0 Å². The summed E-state index contributed by atoms with van der Waals surface area (Å²) in [6, 6.07) is 5.42. The fourth-order valence-corrected chi connectivity index (χ4v) is 2.60. The molecule has 1 aliphatic heterocycles. The van der Waals surface area contributed by atoms with Crippen molar-refractivity contribution in [3.05, 3.63) is 35.0 Å². The van der Waals surface area contributed by atoms with Gasteiger partial charge in [-0.3, -0.25) is 4.98 Å². The number of benzene rings is 1. The van der Waals surface area contributed by atoms with E-state index < -0.39 is 0 Å². The zero-order chi connectivity index (χ0) is 11.8. The highest BCUT2D eigenvalue weighted by molar-refractivity contribution is 5.84. The van der Waals surface area contributed by atoms with E-state index in [1.807, 2.05) is 12.1 Å². The molecule has 1 aromatic heterocycles. The number of aromatic hydroxyl groups is 1. The average Bonchev–Trinajstić information content (AvgIpc) is 2.56. The quantitative estimate of drug-likeness (QED) is 0.724. The highest BCUT2D eigenvalue weighted by Crippen LogP contribution is 2.27. The van der Waals surface area contributed by atoms with Crippen molar-refractivity contribution in [3.63, 3.8) is 0 Å². The van der Waals surface area contributed by atoms with Crippen molar-refractivity contribution in [2.45, 2.75) is 19.8 Å². The van der Waals surface area contributed by atoms with Crippen LogP contribution in [0.15, 0.2) is 18.2 Å². The van der Waals surface area contributed by atoms with Crippen LogP contribution in [0.25, 0.3) is 10.9 Å². The lowest BCUT2D eigenvalue weighted by Gasteiger charge is -2.12. The number of rotatable bonds is 0. The van der Waals surface area contributed by atoms with Gasteiger partial charge in [-0.1, -0.05) is 0 Å². The Balaban J connectivity index is 2.29. The molecule has 0 amide bonds. The molecule has 2 aromatic rings. The summed E-state index contributed by atoms with van der Waals surface area (Å²) in [5.74, 6) is 0.314. The van der Waals surface area contributed by atoms with Gasteiger partial charge in [0.05, 0.1) is 5.52 Å². The van der Waals surface area contributed by atoms with Gasteiger partial charge in [-0.2, -0.15) is 0 Å². The number of hydrogen-bond donors (Lipinski definition) is 2. The zero-order valence-electron chi connectivity index (χ0n) is 9.95. The number of fused-ring (bicyclic) bond motifs is 2. The summed E-state index contributed by atoms with van der Waals surface area (Å²) >= 11 is 0. The highest BCUT2D eigenvalue weighted by atomic mass is 16.3. The third-order valence-electron chi connectivity index (χ3n) is 3.53. The molecule has 3 heteroatoms. The summed E-state index contributed by atoms with van der Waals surface area (Å²) in [6.07, 6.45) is 2.02. The van der Waals surface area contributed by atoms with Gasteiger partial charge in [0, 0.05) is 24.0 Å². The van der Waals surface area contributed by atoms with Crippen LogP contribution in [0.1, 0.15) is 16.8 Å². The van der Waals surface area contributed by atoms with E-state index >= 15 is 0 Å². The van der Waals surface area contributed by atoms with Crippen LogP contribution in [0.4, 0.5) is 0 Å². The molecule has 0 saturated carbocycles. The predicted octanol–water partition coefficient (Wildman–Crippen LogP) is 1.94. The molecule has 1 aliphatic rings. The zero-order valence-corrected chi connectivity index (χ0v) is 9.95. The molecule has 2 heterocycles. The summed E-state index contributed by atoms with van der Waals surface area (Å²) in [7, 11) is 0. The molecule has 0 spiro atoms. The Kier molecular flexibility index (Phi) is 2.48. The van der Waals surface area contributed by atoms with Crippen LogP contribution in [0, 0.1) is 6.92 Å². The molecule has 88 valence electrons. The van der Waals surface area contributed by atoms with Gasteiger partial charge < -0.3 is 10.4 Å². The van der Waals surface area contributed by atoms with Crippen molar-refractivity contribution >= 4 is 10.9 Å². The van der Waals surface area contributed by atoms with Gasteiger partial charge in [0.1, 0.15) is 5.75 Å². The van der Waals surface area contributed by atoms with Crippen molar-refractivity contribution in [2.24, 2.45) is 0 Å². The maximum Gasteiger partial charge on any atom is 0.116 e. The monoisotopic (exact) mass is 228 g/mol. The van der Waals surface area contributed by atoms with E-state index in [1.165, 1.54) is 16.8 Å². The van der Waals surface area contributed by atoms with Gasteiger partial charge in [-0.25, -0.2) is 0 Å². The van der Waals surface area contributed by atoms with E-state index in [-0.39, 0.29) is 0 Å². The Labute approximate surface area is 100 Å². The first-order valence-electron chi connectivity index (χ1n) is 6.07. The van der Waals surface area contributed by atoms with Crippen LogP contribution in [-0.2, 0) is 12.8 Å². The van der Waals surface area contributed by atoms with E-state index in [2.05, 4.69) is 12.2 Å². The van der Waals surface area contributed by atoms with Crippen molar-refractivity contribution < 1.29 is 5.11 Å². The summed E-state index contributed by atoms with van der Waals surface area (Å²) in [4.78, 5) is 4.73. The largest absolute Gasteiger partial charge is 0.508 e. The fraction of sp³-hybridized carbons (Fsp3) is 0.357. The third kappa shape index (κ3) is 1.76. The number of aryl methyl sites for hydroxylation is 1. The standard InChI is InChI=1S/C14H16N2O/c1-9-11-4-6-15-7-5-14(11)16-13-3-2-10(17)8-12(9)13/h2-3,8,15,17H,4-7H2,1H3. The first-order valence-corrected chi connectivity index (χ1v) is 6.07. The summed E-state index contributed by atoms with van der Waals surface area (Å²) in [6.45, 7) is 4.15. The lowest BCUT2D eigenvalue weighted by Crippen LogP contribution is -2.16. The lowest BCUT2D eigenvalue weighted by molar-refractivity contribution is 0.476. The molecule has 3 nitrogen and oxygen atoms in total. The van der Waals surface area contributed by atoms with Crippen LogP contribution < -0.4 is 5.32 Å². The van der Waals surface area contributed by atoms with Crippen molar-refractivity contribution in [1.82, 2.24) is 10.3 Å². The van der Waals surface area contributed by atoms with Gasteiger partial charge in [0.15, 0.2) is 0 Å². The third-order valence-corrected chi connectivity index (χ3v) is 3.53. The molecule has 3 rings (SSSR count). The van der Waals surface area contributed by atoms with Crippen molar-refractivity contribution in [2.75, 3.05) is 13.1 Å². The molecule has 0 saturated heterocycles. The van der Waals surface area contributed by atoms with E-state index in [4.69, 9.17) is 4.98 Å². The first-order chi connectivity index (χ1) is 8.25. The van der Waals surface area contributed by atoms with Gasteiger partial charge >= 0.3 is 0 Å². The Morgan fingerprint density at radius 2 is 2.06 bits per heavy atom. The van der Waals surface area contributed by atoms with Crippen LogP contribution in [0.5, 0.6) is 5.75 Å². The molecule has 0 unspecified atom stereocenters. The van der Waals surface area contributed by atoms with E-state index in [0.717, 1.165) is 36.8 Å². The van der Waals surface area contributed by atoms with Crippen LogP contribution in [0.3, 0.4) is 0 Å². The molecule has 0 aliphatic carbocycles. The second-order valence-corrected chi connectivity index (χ2v) is 4.61. The normalized spacial score (nSPS) is 15.6. The van der Waals surface area contributed by atoms with E-state index in [0.29, 0.717) is 5.75 Å². The molecular formula is C14H16N2O. The number of nitrogens with one attached hydrogen (secondary N) is 1. The maximum atomic E-state index is 9.57. The van der Waals surface area contributed by atoms with E-state index in [9.17, 15) is 5.11 Å². The van der Waals surface area contributed by atoms with Gasteiger partial charge in [-0.05, 0) is 49.2 Å². The number of aromatic nitrogens is 1. The fourth-order valence-electron chi connectivity index (χ4n) is 2.60. The highest BCUT2D eigenvalue weighted by Gasteiger charge is 2.14. The van der Waals surface area contributed by atoms with Crippen molar-refractivity contribution in [3.8, 4) is 5.75 Å². The Morgan fingerprint density at radius 3 is 2.94 bits per heavy atom. The smallest absolute Gasteiger partial charge is 0.116 e. The number of nitrogens with zero attached hydrogens (tertiary/aromatic N) is 1. The molecule has 0 radical (unpaired) electrons. The summed E-state index contributed by atoms with van der Waals surface area (Å²) in [5.41, 5.74) is 4.82. The Bertz CT molecular complexity index is 578. The molecule has 2 N–H and O–H groups in total. The first kappa shape index (κ1) is 10.5. The summed E-state index contributed by atoms with van der Waals surface area (Å²) in [5, 5.41) is 14.0. The average molecular weight is 228 g/mol. The molecular weight excluding hydrogens is 212 g/mol. The van der Waals surface area contributed by atoms with Crippen LogP contribution in [0.2, 0.25) is 0 Å². The SMILES string of the molecule is Cc1c2c(nc3ccc(O)cc13)CCNCC2. The number of phenols is 1. The topological polar surface area (TPSA) is 45.2 Å². The minimum absolute atomic E-state index is 0.314. The predicted molar refractivity (Wildman–Crippen MR) is 68.4 cm³/mol. The Morgan fingerprint density at radius 1 is 1.24 bits per heavy atom. The lowest BCUT2D eigenvalue weighted by atomic mass is 9.98. The van der Waals surface area contributed by atoms with Gasteiger partial charge in [-0.15, -0.1) is 0 Å². The molecule has 0 fully saturated rings. The minimum atomic E-state index is 0.314. The number of phenolic OH excluding ortho intramolecular Hbond substituents is 1. The number of pyridine rings is 1. The van der Waals surface area contributed by atoms with Crippen LogP contribution >= 0.6 is 0 Å². The molecule has 0 atom stereocenters.